The number of hydrogen-bond donors (Lipinski definition) is 1. The van der Waals surface area contributed by atoms with Gasteiger partial charge < -0.3 is 10.0 Å². The minimum absolute atomic E-state index is 0.00348. The van der Waals surface area contributed by atoms with Crippen molar-refractivity contribution in [2.75, 3.05) is 13.1 Å². The maximum Gasteiger partial charge on any atom is 0.257 e. The van der Waals surface area contributed by atoms with E-state index in [4.69, 9.17) is 0 Å². The van der Waals surface area contributed by atoms with Crippen LogP contribution in [0.25, 0.3) is 10.8 Å². The topological polar surface area (TPSA) is 40.5 Å². The molecule has 3 heteroatoms. The first kappa shape index (κ1) is 46.1. The van der Waals surface area contributed by atoms with E-state index in [1.54, 1.807) is 0 Å². The van der Waals surface area contributed by atoms with Crippen molar-refractivity contribution >= 4 is 16.7 Å². The van der Waals surface area contributed by atoms with Gasteiger partial charge in [-0.1, -0.05) is 250 Å². The Kier molecular flexibility index (Phi) is 29.7. The predicted molar refractivity (Wildman–Crippen MR) is 230 cm³/mol. The van der Waals surface area contributed by atoms with Crippen LogP contribution in [0.1, 0.15) is 243 Å². The van der Waals surface area contributed by atoms with E-state index in [9.17, 15) is 9.90 Å². The molecule has 2 rings (SSSR count). The summed E-state index contributed by atoms with van der Waals surface area (Å²) in [6.07, 6.45) is 46.3. The molecule has 0 aromatic heterocycles. The molecule has 0 spiro atoms. The van der Waals surface area contributed by atoms with Crippen molar-refractivity contribution in [2.45, 2.75) is 232 Å². The molecule has 298 valence electrons. The fourth-order valence-corrected chi connectivity index (χ4v) is 7.97. The second-order valence-electron chi connectivity index (χ2n) is 16.3. The summed E-state index contributed by atoms with van der Waals surface area (Å²) in [5.41, 5.74) is 0.456. The highest BCUT2D eigenvalue weighted by Gasteiger charge is 2.20. The van der Waals surface area contributed by atoms with E-state index >= 15 is 0 Å². The van der Waals surface area contributed by atoms with Crippen LogP contribution >= 0.6 is 0 Å². The molecule has 2 aromatic rings. The molecule has 0 fully saturated rings. The van der Waals surface area contributed by atoms with E-state index in [2.05, 4.69) is 13.8 Å². The Balaban J connectivity index is 1.59. The molecule has 0 saturated heterocycles. The number of phenols is 1. The molecule has 0 atom stereocenters. The van der Waals surface area contributed by atoms with Crippen molar-refractivity contribution in [1.82, 2.24) is 4.90 Å². The molecule has 3 nitrogen and oxygen atoms in total. The third kappa shape index (κ3) is 22.9. The van der Waals surface area contributed by atoms with Gasteiger partial charge in [-0.25, -0.2) is 0 Å². The summed E-state index contributed by atoms with van der Waals surface area (Å²) in [7, 11) is 0. The molecule has 0 heterocycles. The van der Waals surface area contributed by atoms with E-state index in [-0.39, 0.29) is 11.7 Å². The number of phenolic OH excluding ortho intramolecular Hbond substituents is 1. The van der Waals surface area contributed by atoms with Gasteiger partial charge in [0.25, 0.3) is 5.91 Å². The highest BCUT2D eigenvalue weighted by atomic mass is 16.3. The number of amides is 1. The third-order valence-corrected chi connectivity index (χ3v) is 11.5. The van der Waals surface area contributed by atoms with Gasteiger partial charge in [-0.2, -0.15) is 0 Å². The van der Waals surface area contributed by atoms with Gasteiger partial charge in [-0.3, -0.25) is 4.79 Å². The van der Waals surface area contributed by atoms with Crippen molar-refractivity contribution in [3.8, 4) is 5.75 Å². The molecule has 52 heavy (non-hydrogen) atoms. The Labute approximate surface area is 323 Å². The summed E-state index contributed by atoms with van der Waals surface area (Å²) in [5.74, 6) is 0.133. The zero-order valence-corrected chi connectivity index (χ0v) is 34.7. The lowest BCUT2D eigenvalue weighted by atomic mass is 10.0. The minimum atomic E-state index is -0.00348. The van der Waals surface area contributed by atoms with Crippen LogP contribution in [0.4, 0.5) is 0 Å². The zero-order valence-electron chi connectivity index (χ0n) is 34.7. The first-order valence-corrected chi connectivity index (χ1v) is 23.2. The van der Waals surface area contributed by atoms with Crippen molar-refractivity contribution in [3.63, 3.8) is 0 Å². The summed E-state index contributed by atoms with van der Waals surface area (Å²) >= 11 is 0. The molecule has 2 aromatic carbocycles. The van der Waals surface area contributed by atoms with E-state index in [1.807, 2.05) is 41.3 Å². The number of aromatic hydroxyl groups is 1. The summed E-state index contributed by atoms with van der Waals surface area (Å²) in [6, 6.07) is 11.6. The number of rotatable bonds is 37. The molecular formula is C49H85NO2. The summed E-state index contributed by atoms with van der Waals surface area (Å²) in [6.45, 7) is 6.18. The average molecular weight is 720 g/mol. The lowest BCUT2D eigenvalue weighted by molar-refractivity contribution is 0.0746. The first-order valence-electron chi connectivity index (χ1n) is 23.2. The van der Waals surface area contributed by atoms with Crippen LogP contribution in [0.3, 0.4) is 0 Å². The number of nitrogens with zero attached hydrogens (tertiary/aromatic N) is 1. The second-order valence-corrected chi connectivity index (χ2v) is 16.3. The van der Waals surface area contributed by atoms with Gasteiger partial charge in [0.15, 0.2) is 0 Å². The number of hydrogen-bond acceptors (Lipinski definition) is 2. The van der Waals surface area contributed by atoms with Gasteiger partial charge in [0.1, 0.15) is 5.75 Å². The number of benzene rings is 2. The van der Waals surface area contributed by atoms with Gasteiger partial charge in [0.2, 0.25) is 0 Å². The molecule has 0 aliphatic rings. The SMILES string of the molecule is CCCCCCCCCCCCCCCCCCCN(CCCCCCCCCCCCCCCCCCC)C(=O)c1ccc2ccccc2c1O. The smallest absolute Gasteiger partial charge is 0.257 e. The number of unbranched alkanes of at least 4 members (excludes halogenated alkanes) is 32. The van der Waals surface area contributed by atoms with Crippen LogP contribution < -0.4 is 0 Å². The van der Waals surface area contributed by atoms with Gasteiger partial charge in [0, 0.05) is 18.5 Å². The first-order chi connectivity index (χ1) is 25.7. The summed E-state index contributed by atoms with van der Waals surface area (Å²) < 4.78 is 0. The Morgan fingerprint density at radius 1 is 0.423 bits per heavy atom. The highest BCUT2D eigenvalue weighted by Crippen LogP contribution is 2.30. The summed E-state index contributed by atoms with van der Waals surface area (Å²) in [5, 5.41) is 12.8. The molecule has 0 radical (unpaired) electrons. The second kappa shape index (κ2) is 33.5. The van der Waals surface area contributed by atoms with Gasteiger partial charge in [-0.15, -0.1) is 0 Å². The van der Waals surface area contributed by atoms with Crippen LogP contribution in [-0.4, -0.2) is 29.0 Å². The molecule has 0 aliphatic heterocycles. The minimum Gasteiger partial charge on any atom is -0.506 e. The quantitative estimate of drug-likeness (QED) is 0.0706. The van der Waals surface area contributed by atoms with Crippen molar-refractivity contribution < 1.29 is 9.90 Å². The maximum atomic E-state index is 13.8. The van der Waals surface area contributed by atoms with Crippen LogP contribution in [0.15, 0.2) is 36.4 Å². The van der Waals surface area contributed by atoms with Crippen molar-refractivity contribution in [3.05, 3.63) is 42.0 Å². The Hall–Kier alpha value is -2.03. The molecule has 0 aliphatic carbocycles. The Morgan fingerprint density at radius 2 is 0.731 bits per heavy atom. The van der Waals surface area contributed by atoms with E-state index in [0.717, 1.165) is 36.7 Å². The van der Waals surface area contributed by atoms with E-state index in [1.165, 1.54) is 205 Å². The Morgan fingerprint density at radius 3 is 1.08 bits per heavy atom. The monoisotopic (exact) mass is 720 g/mol. The number of carbonyl (C=O) groups excluding carboxylic acids is 1. The molecule has 0 unspecified atom stereocenters. The fourth-order valence-electron chi connectivity index (χ4n) is 7.97. The third-order valence-electron chi connectivity index (χ3n) is 11.5. The highest BCUT2D eigenvalue weighted by molar-refractivity contribution is 6.03. The van der Waals surface area contributed by atoms with Gasteiger partial charge >= 0.3 is 0 Å². The molecule has 1 amide bonds. The van der Waals surface area contributed by atoms with E-state index < -0.39 is 0 Å². The number of fused-ring (bicyclic) bond motifs is 1. The van der Waals surface area contributed by atoms with Gasteiger partial charge in [0.05, 0.1) is 5.56 Å². The van der Waals surface area contributed by atoms with Gasteiger partial charge in [-0.05, 0) is 24.3 Å². The Bertz CT molecular complexity index is 1060. The van der Waals surface area contributed by atoms with Crippen LogP contribution in [0.5, 0.6) is 5.75 Å². The largest absolute Gasteiger partial charge is 0.506 e. The normalized spacial score (nSPS) is 11.5. The molecule has 0 bridgehead atoms. The van der Waals surface area contributed by atoms with E-state index in [0.29, 0.717) is 5.56 Å². The van der Waals surface area contributed by atoms with Crippen LogP contribution in [-0.2, 0) is 0 Å². The molecular weight excluding hydrogens is 635 g/mol. The number of carbonyl (C=O) groups is 1. The van der Waals surface area contributed by atoms with Crippen LogP contribution in [0.2, 0.25) is 0 Å². The predicted octanol–water partition coefficient (Wildman–Crippen LogP) is 16.3. The van der Waals surface area contributed by atoms with Crippen molar-refractivity contribution in [1.29, 1.82) is 0 Å². The fraction of sp³-hybridized carbons (Fsp3) is 0.776. The lowest BCUT2D eigenvalue weighted by Crippen LogP contribution is -2.33. The molecule has 1 N–H and O–H groups in total. The lowest BCUT2D eigenvalue weighted by Gasteiger charge is -2.24. The average Bonchev–Trinajstić information content (AvgIpc) is 3.16. The maximum absolute atomic E-state index is 13.8. The van der Waals surface area contributed by atoms with Crippen molar-refractivity contribution in [2.24, 2.45) is 0 Å². The zero-order chi connectivity index (χ0) is 37.2. The summed E-state index contributed by atoms with van der Waals surface area (Å²) in [4.78, 5) is 15.8. The standard InChI is InChI=1S/C49H85NO2/c1-3-5-7-9-11-13-15-17-19-21-23-25-27-29-31-33-37-43-50(49(52)47-42-41-45-39-35-36-40-46(45)48(47)51)44-38-34-32-30-28-26-24-22-20-18-16-14-12-10-8-6-4-2/h35-36,39-42,51H,3-34,37-38,43-44H2,1-2H3. The van der Waals surface area contributed by atoms with Crippen LogP contribution in [0, 0.1) is 0 Å². The molecule has 0 saturated carbocycles.